The van der Waals surface area contributed by atoms with Gasteiger partial charge in [-0.25, -0.2) is 14.4 Å². The van der Waals surface area contributed by atoms with Crippen LogP contribution in [0.15, 0.2) is 30.6 Å². The second-order valence-electron chi connectivity index (χ2n) is 8.33. The van der Waals surface area contributed by atoms with Crippen LogP contribution in [0.4, 0.5) is 10.2 Å². The number of nitrogens with zero attached hydrogens (tertiary/aromatic N) is 7. The molecule has 10 heteroatoms. The smallest absolute Gasteiger partial charge is 0.258 e. The summed E-state index contributed by atoms with van der Waals surface area (Å²) in [5.74, 6) is -0.218. The molecule has 0 saturated carbocycles. The van der Waals surface area contributed by atoms with Gasteiger partial charge in [0.1, 0.15) is 18.0 Å². The molecule has 0 radical (unpaired) electrons. The molecule has 6 rings (SSSR count). The first-order valence-electron chi connectivity index (χ1n) is 10.6. The number of ether oxygens (including phenoxy) is 1. The van der Waals surface area contributed by atoms with Crippen LogP contribution in [-0.2, 0) is 13.6 Å². The van der Waals surface area contributed by atoms with E-state index in [2.05, 4.69) is 21.1 Å². The Balaban J connectivity index is 1.71. The maximum absolute atomic E-state index is 14.3. The highest BCUT2D eigenvalue weighted by atomic mass is 19.1. The molecule has 0 aliphatic carbocycles. The number of halogens is 1. The molecule has 2 N–H and O–H groups in total. The van der Waals surface area contributed by atoms with Gasteiger partial charge in [0, 0.05) is 42.4 Å². The van der Waals surface area contributed by atoms with E-state index in [1.54, 1.807) is 17.7 Å². The van der Waals surface area contributed by atoms with Gasteiger partial charge in [0.2, 0.25) is 0 Å². The Bertz CT molecular complexity index is 1480. The van der Waals surface area contributed by atoms with Gasteiger partial charge in [-0.15, -0.1) is 0 Å². The van der Waals surface area contributed by atoms with Gasteiger partial charge in [-0.3, -0.25) is 9.36 Å². The Morgan fingerprint density at radius 2 is 2.12 bits per heavy atom. The van der Waals surface area contributed by atoms with Gasteiger partial charge >= 0.3 is 0 Å². The SMILES string of the molecule is C[C@H]1Oc2nc(cnc2N)-c2c(C#N)nn3c2[C@H](CC3)c2cn(C)nc2-c2ccc(F)cc21. The molecule has 9 nitrogen and oxygen atoms in total. The summed E-state index contributed by atoms with van der Waals surface area (Å²) in [6.45, 7) is 2.46. The van der Waals surface area contributed by atoms with Crippen molar-refractivity contribution in [3.8, 4) is 34.5 Å². The van der Waals surface area contributed by atoms with Gasteiger partial charge in [0.15, 0.2) is 11.5 Å². The van der Waals surface area contributed by atoms with Crippen LogP contribution in [0.1, 0.15) is 47.9 Å². The van der Waals surface area contributed by atoms with Crippen molar-refractivity contribution in [1.82, 2.24) is 29.5 Å². The largest absolute Gasteiger partial charge is 0.467 e. The number of benzene rings is 1. The molecule has 1 aromatic carbocycles. The van der Waals surface area contributed by atoms with E-state index in [0.29, 0.717) is 23.4 Å². The molecule has 2 atom stereocenters. The predicted molar refractivity (Wildman–Crippen MR) is 116 cm³/mol. The Morgan fingerprint density at radius 3 is 2.94 bits per heavy atom. The van der Waals surface area contributed by atoms with Crippen LogP contribution in [0.25, 0.3) is 22.5 Å². The number of nitrogens with two attached hydrogens (primary N) is 1. The zero-order valence-electron chi connectivity index (χ0n) is 17.9. The van der Waals surface area contributed by atoms with Gasteiger partial charge in [-0.1, -0.05) is 0 Å². The molecule has 0 unspecified atom stereocenters. The number of fused-ring (bicyclic) bond motifs is 7. The van der Waals surface area contributed by atoms with Gasteiger partial charge < -0.3 is 10.5 Å². The summed E-state index contributed by atoms with van der Waals surface area (Å²) >= 11 is 0. The van der Waals surface area contributed by atoms with E-state index in [1.807, 2.05) is 17.9 Å². The third-order valence-electron chi connectivity index (χ3n) is 6.31. The molecule has 2 aliphatic rings. The minimum Gasteiger partial charge on any atom is -0.467 e. The first-order valence-corrected chi connectivity index (χ1v) is 10.6. The van der Waals surface area contributed by atoms with Crippen LogP contribution in [0.2, 0.25) is 0 Å². The Labute approximate surface area is 188 Å². The van der Waals surface area contributed by atoms with E-state index in [1.165, 1.54) is 18.3 Å². The van der Waals surface area contributed by atoms with E-state index in [9.17, 15) is 9.65 Å². The number of hydrogen-bond donors (Lipinski definition) is 1. The Hall–Kier alpha value is -4.26. The average molecular weight is 442 g/mol. The predicted octanol–water partition coefficient (Wildman–Crippen LogP) is 3.32. The second kappa shape index (κ2) is 6.87. The van der Waals surface area contributed by atoms with Crippen molar-refractivity contribution < 1.29 is 9.13 Å². The molecule has 2 aliphatic heterocycles. The Morgan fingerprint density at radius 1 is 1.27 bits per heavy atom. The third-order valence-corrected chi connectivity index (χ3v) is 6.31. The molecule has 5 heterocycles. The van der Waals surface area contributed by atoms with Gasteiger partial charge in [0.25, 0.3) is 5.88 Å². The average Bonchev–Trinajstić information content (AvgIpc) is 3.47. The quantitative estimate of drug-likeness (QED) is 0.443. The van der Waals surface area contributed by atoms with Crippen LogP contribution in [0, 0.1) is 17.1 Å². The molecule has 3 aromatic heterocycles. The molecule has 4 aromatic rings. The highest BCUT2D eigenvalue weighted by molar-refractivity contribution is 5.74. The molecular weight excluding hydrogens is 423 g/mol. The summed E-state index contributed by atoms with van der Waals surface area (Å²) in [5, 5.41) is 19.1. The first kappa shape index (κ1) is 19.4. The number of rotatable bonds is 0. The zero-order chi connectivity index (χ0) is 22.9. The van der Waals surface area contributed by atoms with Crippen molar-refractivity contribution in [2.24, 2.45) is 7.05 Å². The standard InChI is InChI=1S/C23H19FN8O/c1-11-15-7-12(24)3-4-13(15)20-16(10-31(2)30-20)14-5-6-32-21(14)19(17(8-25)29-32)18-9-27-22(26)23(28-18)33-11/h3-4,7,9-11,14H,5-6H2,1-2H3,(H2,26,27)/t11-,14-/m1/s1. The number of aryl methyl sites for hydroxylation is 2. The summed E-state index contributed by atoms with van der Waals surface area (Å²) in [4.78, 5) is 8.88. The lowest BCUT2D eigenvalue weighted by Crippen LogP contribution is -2.11. The summed E-state index contributed by atoms with van der Waals surface area (Å²) in [6.07, 6.45) is 3.71. The van der Waals surface area contributed by atoms with Crippen molar-refractivity contribution >= 4 is 5.82 Å². The lowest BCUT2D eigenvalue weighted by molar-refractivity contribution is 0.218. The monoisotopic (exact) mass is 442 g/mol. The van der Waals surface area contributed by atoms with Crippen LogP contribution in [-0.4, -0.2) is 29.5 Å². The van der Waals surface area contributed by atoms with E-state index in [0.717, 1.165) is 28.9 Å². The zero-order valence-corrected chi connectivity index (χ0v) is 17.9. The molecule has 33 heavy (non-hydrogen) atoms. The van der Waals surface area contributed by atoms with Crippen molar-refractivity contribution in [3.05, 3.63) is 58.9 Å². The van der Waals surface area contributed by atoms with Crippen LogP contribution in [0.3, 0.4) is 0 Å². The van der Waals surface area contributed by atoms with Gasteiger partial charge in [-0.05, 0) is 31.5 Å². The third kappa shape index (κ3) is 2.82. The number of hydrogen-bond acceptors (Lipinski definition) is 7. The number of nitrogen functional groups attached to an aromatic ring is 1. The lowest BCUT2D eigenvalue weighted by Gasteiger charge is -2.21. The van der Waals surface area contributed by atoms with Crippen molar-refractivity contribution in [3.63, 3.8) is 0 Å². The minimum absolute atomic E-state index is 0.0744. The molecule has 0 amide bonds. The fraction of sp³-hybridized carbons (Fsp3) is 0.261. The number of aromatic nitrogens is 6. The maximum Gasteiger partial charge on any atom is 0.258 e. The van der Waals surface area contributed by atoms with Crippen molar-refractivity contribution in [1.29, 1.82) is 5.26 Å². The van der Waals surface area contributed by atoms with Crippen LogP contribution < -0.4 is 10.5 Å². The summed E-state index contributed by atoms with van der Waals surface area (Å²) in [5.41, 5.74) is 11.4. The van der Waals surface area contributed by atoms with Crippen LogP contribution in [0.5, 0.6) is 5.88 Å². The normalized spacial score (nSPS) is 18.2. The van der Waals surface area contributed by atoms with E-state index in [4.69, 9.17) is 15.6 Å². The van der Waals surface area contributed by atoms with E-state index >= 15 is 0 Å². The molecule has 0 spiro atoms. The minimum atomic E-state index is -0.585. The first-order chi connectivity index (χ1) is 15.9. The molecule has 164 valence electrons. The number of anilines is 1. The second-order valence-corrected chi connectivity index (χ2v) is 8.33. The summed E-state index contributed by atoms with van der Waals surface area (Å²) in [7, 11) is 1.86. The molecule has 0 fully saturated rings. The van der Waals surface area contributed by atoms with Crippen molar-refractivity contribution in [2.75, 3.05) is 5.73 Å². The van der Waals surface area contributed by atoms with Gasteiger partial charge in [0.05, 0.1) is 28.8 Å². The van der Waals surface area contributed by atoms with E-state index < -0.39 is 6.10 Å². The highest BCUT2D eigenvalue weighted by Crippen LogP contribution is 2.46. The van der Waals surface area contributed by atoms with Gasteiger partial charge in [-0.2, -0.15) is 15.5 Å². The van der Waals surface area contributed by atoms with Crippen LogP contribution >= 0.6 is 0 Å². The summed E-state index contributed by atoms with van der Waals surface area (Å²) in [6, 6.07) is 6.79. The summed E-state index contributed by atoms with van der Waals surface area (Å²) < 4.78 is 24.0. The lowest BCUT2D eigenvalue weighted by atomic mass is 9.88. The molecule has 2 bridgehead atoms. The fourth-order valence-corrected chi connectivity index (χ4v) is 4.90. The fourth-order valence-electron chi connectivity index (χ4n) is 4.90. The topological polar surface area (TPSA) is 120 Å². The highest BCUT2D eigenvalue weighted by Gasteiger charge is 2.36. The molecule has 0 saturated heterocycles. The Kier molecular flexibility index (Phi) is 4.04. The maximum atomic E-state index is 14.3. The molecular formula is C23H19FN8O. The number of nitriles is 1. The van der Waals surface area contributed by atoms with E-state index in [-0.39, 0.29) is 29.1 Å². The van der Waals surface area contributed by atoms with Crippen molar-refractivity contribution in [2.45, 2.75) is 31.9 Å².